The van der Waals surface area contributed by atoms with Crippen molar-refractivity contribution in [2.75, 3.05) is 28.4 Å². The van der Waals surface area contributed by atoms with E-state index in [2.05, 4.69) is 0 Å². The Morgan fingerprint density at radius 1 is 0.708 bits per heavy atom. The normalized spacial score (nSPS) is 11.9. The molecule has 0 amide bonds. The highest BCUT2D eigenvalue weighted by Crippen LogP contribution is 2.21. The number of hydrogen-bond acceptors (Lipinski definition) is 8. The molecule has 1 rings (SSSR count). The minimum atomic E-state index is -1.58. The lowest BCUT2D eigenvalue weighted by molar-refractivity contribution is -0.324. The summed E-state index contributed by atoms with van der Waals surface area (Å²) in [5, 5.41) is 0. The van der Waals surface area contributed by atoms with Crippen molar-refractivity contribution >= 4 is 11.9 Å². The number of benzene rings is 1. The molecule has 0 heterocycles. The van der Waals surface area contributed by atoms with Crippen LogP contribution >= 0.6 is 0 Å². The third-order valence-corrected chi connectivity index (χ3v) is 3.41. The minimum Gasteiger partial charge on any atom is -0.404 e. The lowest BCUT2D eigenvalue weighted by atomic mass is 10.1. The van der Waals surface area contributed by atoms with Gasteiger partial charge in [0.1, 0.15) is 0 Å². The van der Waals surface area contributed by atoms with Crippen LogP contribution in [0.5, 0.6) is 0 Å². The highest BCUT2D eigenvalue weighted by atomic mass is 16.9. The van der Waals surface area contributed by atoms with Crippen LogP contribution in [0.4, 0.5) is 0 Å². The predicted molar refractivity (Wildman–Crippen MR) is 82.1 cm³/mol. The van der Waals surface area contributed by atoms with Gasteiger partial charge in [-0.15, -0.1) is 0 Å². The Hall–Kier alpha value is -2.00. The molecule has 0 aliphatic rings. The van der Waals surface area contributed by atoms with Gasteiger partial charge < -0.3 is 28.4 Å². The van der Waals surface area contributed by atoms with Crippen LogP contribution in [0.15, 0.2) is 24.3 Å². The average Bonchev–Trinajstić information content (AvgIpc) is 2.61. The Morgan fingerprint density at radius 3 is 1.25 bits per heavy atom. The summed E-state index contributed by atoms with van der Waals surface area (Å²) in [4.78, 5) is 24.7. The van der Waals surface area contributed by atoms with Gasteiger partial charge in [0.2, 0.25) is 0 Å². The maximum atomic E-state index is 12.4. The van der Waals surface area contributed by atoms with Gasteiger partial charge in [-0.3, -0.25) is 0 Å². The van der Waals surface area contributed by atoms with Crippen LogP contribution in [0.3, 0.4) is 0 Å². The van der Waals surface area contributed by atoms with Gasteiger partial charge in [0.25, 0.3) is 0 Å². The first-order valence-electron chi connectivity index (χ1n) is 7.00. The third kappa shape index (κ3) is 4.75. The van der Waals surface area contributed by atoms with E-state index in [-0.39, 0.29) is 11.1 Å². The van der Waals surface area contributed by atoms with Crippen molar-refractivity contribution in [2.45, 2.75) is 25.8 Å². The molecule has 0 atom stereocenters. The minimum absolute atomic E-state index is 0.0163. The molecular weight excluding hydrogens is 320 g/mol. The van der Waals surface area contributed by atoms with Crippen LogP contribution in [0.1, 0.15) is 34.6 Å². The number of ether oxygens (including phenoxy) is 6. The van der Waals surface area contributed by atoms with E-state index in [9.17, 15) is 9.59 Å². The first-order chi connectivity index (χ1) is 11.2. The van der Waals surface area contributed by atoms with Gasteiger partial charge >= 0.3 is 23.9 Å². The molecule has 8 heteroatoms. The van der Waals surface area contributed by atoms with Crippen molar-refractivity contribution in [3.8, 4) is 0 Å². The van der Waals surface area contributed by atoms with Crippen LogP contribution in [-0.2, 0) is 28.4 Å². The summed E-state index contributed by atoms with van der Waals surface area (Å²) in [7, 11) is 5.28. The molecule has 0 saturated carbocycles. The van der Waals surface area contributed by atoms with E-state index in [4.69, 9.17) is 28.4 Å². The van der Waals surface area contributed by atoms with Gasteiger partial charge in [-0.05, 0) is 12.1 Å². The van der Waals surface area contributed by atoms with Crippen molar-refractivity contribution in [2.24, 2.45) is 0 Å². The fourth-order valence-electron chi connectivity index (χ4n) is 1.62. The summed E-state index contributed by atoms with van der Waals surface area (Å²) in [6, 6.07) is 6.00. The number of rotatable bonds is 8. The summed E-state index contributed by atoms with van der Waals surface area (Å²) < 4.78 is 30.2. The van der Waals surface area contributed by atoms with E-state index in [0.717, 1.165) is 0 Å². The standard InChI is InChI=1S/C16H22O8/c1-15(19-3,20-4)23-13(17)11-9-7-8-10-12(11)14(18)24-16(2,21-5)22-6/h7-10H,1-6H3. The fraction of sp³-hybridized carbons (Fsp3) is 0.500. The second kappa shape index (κ2) is 8.20. The van der Waals surface area contributed by atoms with Gasteiger partial charge in [0.05, 0.1) is 11.1 Å². The molecule has 8 nitrogen and oxygen atoms in total. The molecule has 0 spiro atoms. The quantitative estimate of drug-likeness (QED) is 0.523. The second-order valence-electron chi connectivity index (χ2n) is 4.87. The number of methoxy groups -OCH3 is 4. The Balaban J connectivity index is 3.08. The lowest BCUT2D eigenvalue weighted by Crippen LogP contribution is -2.37. The summed E-state index contributed by atoms with van der Waals surface area (Å²) in [5.74, 6) is -4.79. The van der Waals surface area contributed by atoms with E-state index in [0.29, 0.717) is 0 Å². The van der Waals surface area contributed by atoms with Crippen LogP contribution in [0.2, 0.25) is 0 Å². The molecule has 0 radical (unpaired) electrons. The SMILES string of the molecule is COC(C)(OC)OC(=O)c1ccccc1C(=O)OC(C)(OC)OC. The number of esters is 2. The summed E-state index contributed by atoms with van der Waals surface area (Å²) >= 11 is 0. The summed E-state index contributed by atoms with van der Waals surface area (Å²) in [5.41, 5.74) is -0.0326. The van der Waals surface area contributed by atoms with E-state index in [1.165, 1.54) is 54.4 Å². The number of carbonyl (C=O) groups excluding carboxylic acids is 2. The molecule has 0 bridgehead atoms. The van der Waals surface area contributed by atoms with Gasteiger partial charge in [-0.1, -0.05) is 12.1 Å². The van der Waals surface area contributed by atoms with E-state index in [1.807, 2.05) is 0 Å². The largest absolute Gasteiger partial charge is 0.404 e. The molecular formula is C16H22O8. The first-order valence-corrected chi connectivity index (χ1v) is 7.00. The molecule has 1 aromatic rings. The Labute approximate surface area is 140 Å². The zero-order valence-electron chi connectivity index (χ0n) is 14.6. The van der Waals surface area contributed by atoms with Crippen LogP contribution < -0.4 is 0 Å². The van der Waals surface area contributed by atoms with Crippen molar-refractivity contribution in [3.63, 3.8) is 0 Å². The van der Waals surface area contributed by atoms with Gasteiger partial charge in [-0.2, -0.15) is 0 Å². The maximum Gasteiger partial charge on any atom is 0.343 e. The van der Waals surface area contributed by atoms with Crippen molar-refractivity contribution in [1.29, 1.82) is 0 Å². The van der Waals surface area contributed by atoms with Gasteiger partial charge in [0, 0.05) is 42.3 Å². The number of carbonyl (C=O) groups is 2. The fourth-order valence-corrected chi connectivity index (χ4v) is 1.62. The maximum absolute atomic E-state index is 12.4. The van der Waals surface area contributed by atoms with E-state index >= 15 is 0 Å². The topological polar surface area (TPSA) is 89.5 Å². The molecule has 0 aliphatic carbocycles. The molecule has 0 unspecified atom stereocenters. The molecule has 0 aromatic heterocycles. The Kier molecular flexibility index (Phi) is 6.85. The van der Waals surface area contributed by atoms with Crippen molar-refractivity contribution in [1.82, 2.24) is 0 Å². The molecule has 0 fully saturated rings. The smallest absolute Gasteiger partial charge is 0.343 e. The second-order valence-corrected chi connectivity index (χ2v) is 4.87. The lowest BCUT2D eigenvalue weighted by Gasteiger charge is -2.27. The predicted octanol–water partition coefficient (Wildman–Crippen LogP) is 1.93. The highest BCUT2D eigenvalue weighted by molar-refractivity contribution is 6.03. The molecule has 0 saturated heterocycles. The monoisotopic (exact) mass is 342 g/mol. The van der Waals surface area contributed by atoms with Crippen LogP contribution in [0, 0.1) is 0 Å². The highest BCUT2D eigenvalue weighted by Gasteiger charge is 2.33. The molecule has 134 valence electrons. The summed E-state index contributed by atoms with van der Waals surface area (Å²) in [6.07, 6.45) is 0. The van der Waals surface area contributed by atoms with Crippen molar-refractivity contribution < 1.29 is 38.0 Å². The van der Waals surface area contributed by atoms with Crippen molar-refractivity contribution in [3.05, 3.63) is 35.4 Å². The van der Waals surface area contributed by atoms with Gasteiger partial charge in [0.15, 0.2) is 0 Å². The zero-order valence-corrected chi connectivity index (χ0v) is 14.6. The van der Waals surface area contributed by atoms with E-state index < -0.39 is 23.9 Å². The third-order valence-electron chi connectivity index (χ3n) is 3.41. The molecule has 24 heavy (non-hydrogen) atoms. The number of hydrogen-bond donors (Lipinski definition) is 0. The molecule has 1 aromatic carbocycles. The van der Waals surface area contributed by atoms with Crippen LogP contribution in [-0.4, -0.2) is 52.3 Å². The Bertz CT molecular complexity index is 524. The average molecular weight is 342 g/mol. The van der Waals surface area contributed by atoms with E-state index in [1.54, 1.807) is 12.1 Å². The van der Waals surface area contributed by atoms with Crippen LogP contribution in [0.25, 0.3) is 0 Å². The zero-order chi connectivity index (χ0) is 18.4. The molecule has 0 aliphatic heterocycles. The van der Waals surface area contributed by atoms with Gasteiger partial charge in [-0.25, -0.2) is 9.59 Å². The first kappa shape index (κ1) is 20.0. The molecule has 0 N–H and O–H groups in total. The summed E-state index contributed by atoms with van der Waals surface area (Å²) in [6.45, 7) is 2.83. The Morgan fingerprint density at radius 2 is 1.00 bits per heavy atom.